The molecule has 3 aromatic rings. The maximum absolute atomic E-state index is 13.7. The van der Waals surface area contributed by atoms with Crippen molar-refractivity contribution in [1.82, 2.24) is 15.0 Å². The van der Waals surface area contributed by atoms with Gasteiger partial charge in [-0.1, -0.05) is 53.2 Å². The Labute approximate surface area is 134 Å². The molecule has 23 heavy (non-hydrogen) atoms. The van der Waals surface area contributed by atoms with Gasteiger partial charge in [-0.05, 0) is 20.0 Å². The lowest BCUT2D eigenvalue weighted by Crippen LogP contribution is -2.18. The average Bonchev–Trinajstić information content (AvgIpc) is 2.98. The minimum Gasteiger partial charge on any atom is -0.338 e. The van der Waals surface area contributed by atoms with Gasteiger partial charge in [0.05, 0.1) is 6.54 Å². The van der Waals surface area contributed by atoms with E-state index in [9.17, 15) is 4.39 Å². The molecule has 0 saturated heterocycles. The molecule has 118 valence electrons. The lowest BCUT2D eigenvalue weighted by atomic mass is 10.1. The highest BCUT2D eigenvalue weighted by atomic mass is 19.1. The van der Waals surface area contributed by atoms with Crippen molar-refractivity contribution in [2.24, 2.45) is 0 Å². The molecule has 0 amide bonds. The van der Waals surface area contributed by atoms with E-state index >= 15 is 0 Å². The predicted octanol–water partition coefficient (Wildman–Crippen LogP) is 3.82. The number of hydrogen-bond acceptors (Lipinski definition) is 4. The number of rotatable bonds is 5. The molecule has 0 radical (unpaired) electrons. The summed E-state index contributed by atoms with van der Waals surface area (Å²) in [6, 6.07) is 14.7. The molecule has 3 rings (SSSR count). The van der Waals surface area contributed by atoms with Gasteiger partial charge in [-0.2, -0.15) is 4.98 Å². The zero-order valence-corrected chi connectivity index (χ0v) is 13.2. The van der Waals surface area contributed by atoms with E-state index in [1.807, 2.05) is 49.2 Å². The molecular formula is C18H18FN3O. The number of hydrogen-bond donors (Lipinski definition) is 0. The molecule has 0 aliphatic rings. The van der Waals surface area contributed by atoms with Crippen LogP contribution in [-0.4, -0.2) is 22.1 Å². The molecule has 0 aliphatic heterocycles. The monoisotopic (exact) mass is 311 g/mol. The van der Waals surface area contributed by atoms with Crippen LogP contribution in [-0.2, 0) is 13.1 Å². The maximum Gasteiger partial charge on any atom is 0.241 e. The van der Waals surface area contributed by atoms with E-state index in [1.54, 1.807) is 12.1 Å². The van der Waals surface area contributed by atoms with Crippen LogP contribution >= 0.6 is 0 Å². The minimum absolute atomic E-state index is 0.203. The van der Waals surface area contributed by atoms with Crippen molar-refractivity contribution in [3.8, 4) is 11.4 Å². The molecule has 0 atom stereocenters. The Morgan fingerprint density at radius 1 is 1.04 bits per heavy atom. The third-order valence-corrected chi connectivity index (χ3v) is 3.58. The number of aryl methyl sites for hydroxylation is 1. The van der Waals surface area contributed by atoms with Gasteiger partial charge in [-0.3, -0.25) is 4.90 Å². The summed E-state index contributed by atoms with van der Waals surface area (Å²) < 4.78 is 19.0. The molecule has 4 nitrogen and oxygen atoms in total. The second-order valence-electron chi connectivity index (χ2n) is 5.64. The van der Waals surface area contributed by atoms with Crippen molar-refractivity contribution < 1.29 is 8.91 Å². The Morgan fingerprint density at radius 3 is 2.52 bits per heavy atom. The Bertz CT molecular complexity index is 783. The van der Waals surface area contributed by atoms with Crippen LogP contribution in [0.2, 0.25) is 0 Å². The molecule has 0 bridgehead atoms. The molecule has 1 aromatic heterocycles. The fourth-order valence-electron chi connectivity index (χ4n) is 2.34. The van der Waals surface area contributed by atoms with Gasteiger partial charge in [0.2, 0.25) is 11.7 Å². The van der Waals surface area contributed by atoms with E-state index in [-0.39, 0.29) is 5.82 Å². The Morgan fingerprint density at radius 2 is 1.78 bits per heavy atom. The van der Waals surface area contributed by atoms with Crippen LogP contribution in [0.3, 0.4) is 0 Å². The second kappa shape index (κ2) is 6.71. The molecule has 5 heteroatoms. The van der Waals surface area contributed by atoms with Crippen molar-refractivity contribution in [1.29, 1.82) is 0 Å². The standard InChI is InChI=1S/C18H18FN3O/c1-13-7-9-14(10-8-13)18-20-17(23-21-18)12-22(2)11-15-5-3-4-6-16(15)19/h3-10H,11-12H2,1-2H3. The summed E-state index contributed by atoms with van der Waals surface area (Å²) in [6.07, 6.45) is 0. The first-order valence-electron chi connectivity index (χ1n) is 7.43. The molecule has 0 N–H and O–H groups in total. The fraction of sp³-hybridized carbons (Fsp3) is 0.222. The summed E-state index contributed by atoms with van der Waals surface area (Å²) in [5, 5.41) is 4.01. The fourth-order valence-corrected chi connectivity index (χ4v) is 2.34. The molecule has 0 fully saturated rings. The highest BCUT2D eigenvalue weighted by molar-refractivity contribution is 5.54. The normalized spacial score (nSPS) is 11.1. The molecule has 0 aliphatic carbocycles. The van der Waals surface area contributed by atoms with E-state index in [4.69, 9.17) is 4.52 Å². The lowest BCUT2D eigenvalue weighted by Gasteiger charge is -2.14. The van der Waals surface area contributed by atoms with Crippen LogP contribution in [0.15, 0.2) is 53.1 Å². The lowest BCUT2D eigenvalue weighted by molar-refractivity contribution is 0.258. The van der Waals surface area contributed by atoms with Crippen molar-refractivity contribution >= 4 is 0 Å². The van der Waals surface area contributed by atoms with Crippen LogP contribution < -0.4 is 0 Å². The summed E-state index contributed by atoms with van der Waals surface area (Å²) in [6.45, 7) is 2.98. The van der Waals surface area contributed by atoms with Crippen LogP contribution in [0.25, 0.3) is 11.4 Å². The minimum atomic E-state index is -0.203. The van der Waals surface area contributed by atoms with Gasteiger partial charge >= 0.3 is 0 Å². The molecular weight excluding hydrogens is 293 g/mol. The number of benzene rings is 2. The predicted molar refractivity (Wildman–Crippen MR) is 86.0 cm³/mol. The summed E-state index contributed by atoms with van der Waals surface area (Å²) in [5.74, 6) is 0.879. The van der Waals surface area contributed by atoms with Crippen LogP contribution in [0.1, 0.15) is 17.0 Å². The van der Waals surface area contributed by atoms with Crippen molar-refractivity contribution in [2.45, 2.75) is 20.0 Å². The summed E-state index contributed by atoms with van der Waals surface area (Å²) in [4.78, 5) is 6.34. The van der Waals surface area contributed by atoms with Gasteiger partial charge in [0, 0.05) is 17.7 Å². The topological polar surface area (TPSA) is 42.2 Å². The first-order chi connectivity index (χ1) is 11.1. The van der Waals surface area contributed by atoms with Gasteiger partial charge in [0.25, 0.3) is 0 Å². The summed E-state index contributed by atoms with van der Waals surface area (Å²) in [5.41, 5.74) is 2.75. The van der Waals surface area contributed by atoms with Crippen molar-refractivity contribution in [2.75, 3.05) is 7.05 Å². The Balaban J connectivity index is 1.67. The third-order valence-electron chi connectivity index (χ3n) is 3.58. The van der Waals surface area contributed by atoms with Gasteiger partial charge in [-0.15, -0.1) is 0 Å². The zero-order chi connectivity index (χ0) is 16.2. The quantitative estimate of drug-likeness (QED) is 0.718. The Hall–Kier alpha value is -2.53. The smallest absolute Gasteiger partial charge is 0.241 e. The van der Waals surface area contributed by atoms with Crippen molar-refractivity contribution in [3.63, 3.8) is 0 Å². The molecule has 1 heterocycles. The van der Waals surface area contributed by atoms with Gasteiger partial charge in [0.15, 0.2) is 0 Å². The largest absolute Gasteiger partial charge is 0.338 e. The zero-order valence-electron chi connectivity index (χ0n) is 13.2. The van der Waals surface area contributed by atoms with Gasteiger partial charge in [0.1, 0.15) is 5.82 Å². The third kappa shape index (κ3) is 3.81. The van der Waals surface area contributed by atoms with Crippen molar-refractivity contribution in [3.05, 3.63) is 71.4 Å². The molecule has 0 saturated carbocycles. The van der Waals surface area contributed by atoms with Gasteiger partial charge in [-0.25, -0.2) is 4.39 Å². The average molecular weight is 311 g/mol. The molecule has 0 spiro atoms. The van der Waals surface area contributed by atoms with Crippen LogP contribution in [0.4, 0.5) is 4.39 Å². The van der Waals surface area contributed by atoms with Crippen LogP contribution in [0.5, 0.6) is 0 Å². The molecule has 0 unspecified atom stereocenters. The number of aromatic nitrogens is 2. The first-order valence-corrected chi connectivity index (χ1v) is 7.43. The SMILES string of the molecule is Cc1ccc(-c2noc(CN(C)Cc3ccccc3F)n2)cc1. The summed E-state index contributed by atoms with van der Waals surface area (Å²) in [7, 11) is 1.89. The molecule has 2 aromatic carbocycles. The highest BCUT2D eigenvalue weighted by Gasteiger charge is 2.12. The van der Waals surface area contributed by atoms with E-state index in [0.717, 1.165) is 5.56 Å². The van der Waals surface area contributed by atoms with E-state index in [0.29, 0.717) is 30.4 Å². The first kappa shape index (κ1) is 15.4. The van der Waals surface area contributed by atoms with Gasteiger partial charge < -0.3 is 4.52 Å². The second-order valence-corrected chi connectivity index (χ2v) is 5.64. The number of nitrogens with zero attached hydrogens (tertiary/aromatic N) is 3. The summed E-state index contributed by atoms with van der Waals surface area (Å²) >= 11 is 0. The van der Waals surface area contributed by atoms with Crippen LogP contribution in [0, 0.1) is 12.7 Å². The highest BCUT2D eigenvalue weighted by Crippen LogP contribution is 2.17. The number of halogens is 1. The van der Waals surface area contributed by atoms with E-state index < -0.39 is 0 Å². The maximum atomic E-state index is 13.7. The van der Waals surface area contributed by atoms with E-state index in [2.05, 4.69) is 10.1 Å². The van der Waals surface area contributed by atoms with E-state index in [1.165, 1.54) is 11.6 Å². The Kier molecular flexibility index (Phi) is 4.48.